The number of carbonyl (C=O) groups excluding carboxylic acids is 2. The molecule has 0 radical (unpaired) electrons. The first kappa shape index (κ1) is 25.5. The molecule has 0 bridgehead atoms. The van der Waals surface area contributed by atoms with E-state index >= 15 is 0 Å². The lowest BCUT2D eigenvalue weighted by molar-refractivity contribution is 0.0599. The minimum atomic E-state index is -0.400. The van der Waals surface area contributed by atoms with E-state index in [-0.39, 0.29) is 5.91 Å². The first-order chi connectivity index (χ1) is 17.9. The summed E-state index contributed by atoms with van der Waals surface area (Å²) in [6, 6.07) is 21.9. The number of methoxy groups -OCH3 is 2. The highest BCUT2D eigenvalue weighted by molar-refractivity contribution is 6.04. The van der Waals surface area contributed by atoms with E-state index in [2.05, 4.69) is 10.4 Å². The number of anilines is 1. The molecule has 0 aliphatic rings. The molecule has 0 spiro atoms. The smallest absolute Gasteiger partial charge is 0.338 e. The van der Waals surface area contributed by atoms with Gasteiger partial charge in [-0.15, -0.1) is 0 Å². The van der Waals surface area contributed by atoms with E-state index in [0.717, 1.165) is 28.3 Å². The molecule has 3 aromatic carbocycles. The standard InChI is InChI=1S/C29H29N3O5/c1-19-27(20(2)32(31-19)17-23-7-5-6-8-26(23)29(34)36-4)30-28(33)22-11-9-21(10-12-22)18-37-25-15-13-24(35-3)14-16-25/h5-16H,17-18H2,1-4H3,(H,30,33). The number of esters is 1. The number of benzene rings is 3. The molecule has 190 valence electrons. The van der Waals surface area contributed by atoms with Crippen molar-refractivity contribution in [3.8, 4) is 11.5 Å². The Kier molecular flexibility index (Phi) is 7.88. The molecular weight excluding hydrogens is 470 g/mol. The van der Waals surface area contributed by atoms with Gasteiger partial charge in [-0.3, -0.25) is 9.48 Å². The van der Waals surface area contributed by atoms with Gasteiger partial charge in [-0.1, -0.05) is 30.3 Å². The molecule has 4 rings (SSSR count). The SMILES string of the molecule is COC(=O)c1ccccc1Cn1nc(C)c(NC(=O)c2ccc(COc3ccc(OC)cc3)cc2)c1C. The summed E-state index contributed by atoms with van der Waals surface area (Å²) in [6.07, 6.45) is 0. The van der Waals surface area contributed by atoms with E-state index in [1.807, 2.05) is 62.4 Å². The summed E-state index contributed by atoms with van der Waals surface area (Å²) < 4.78 is 17.6. The molecule has 8 heteroatoms. The van der Waals surface area contributed by atoms with Crippen LogP contribution < -0.4 is 14.8 Å². The van der Waals surface area contributed by atoms with Gasteiger partial charge in [0.1, 0.15) is 18.1 Å². The number of ether oxygens (including phenoxy) is 3. The molecule has 0 saturated carbocycles. The number of nitrogens with zero attached hydrogens (tertiary/aromatic N) is 2. The number of rotatable bonds is 9. The van der Waals surface area contributed by atoms with E-state index in [1.54, 1.807) is 36.1 Å². The highest BCUT2D eigenvalue weighted by Crippen LogP contribution is 2.23. The van der Waals surface area contributed by atoms with Crippen LogP contribution >= 0.6 is 0 Å². The van der Waals surface area contributed by atoms with Gasteiger partial charge in [-0.05, 0) is 67.4 Å². The topological polar surface area (TPSA) is 91.7 Å². The third kappa shape index (κ3) is 5.98. The summed E-state index contributed by atoms with van der Waals surface area (Å²) >= 11 is 0. The normalized spacial score (nSPS) is 10.6. The lowest BCUT2D eigenvalue weighted by atomic mass is 10.1. The quantitative estimate of drug-likeness (QED) is 0.319. The Hall–Kier alpha value is -4.59. The van der Waals surface area contributed by atoms with Crippen LogP contribution in [0.1, 0.15) is 43.2 Å². The molecule has 37 heavy (non-hydrogen) atoms. The minimum absolute atomic E-state index is 0.233. The maximum atomic E-state index is 13.0. The van der Waals surface area contributed by atoms with Crippen molar-refractivity contribution in [2.24, 2.45) is 0 Å². The first-order valence-electron chi connectivity index (χ1n) is 11.8. The largest absolute Gasteiger partial charge is 0.497 e. The van der Waals surface area contributed by atoms with Crippen LogP contribution in [0, 0.1) is 13.8 Å². The molecule has 1 aromatic heterocycles. The fourth-order valence-corrected chi connectivity index (χ4v) is 3.94. The molecular formula is C29H29N3O5. The summed E-state index contributed by atoms with van der Waals surface area (Å²) in [7, 11) is 2.98. The van der Waals surface area contributed by atoms with Crippen molar-refractivity contribution in [3.63, 3.8) is 0 Å². The monoisotopic (exact) mass is 499 g/mol. The number of hydrogen-bond donors (Lipinski definition) is 1. The molecule has 0 aliphatic heterocycles. The number of hydrogen-bond acceptors (Lipinski definition) is 6. The van der Waals surface area contributed by atoms with Gasteiger partial charge in [-0.2, -0.15) is 5.10 Å². The molecule has 0 saturated heterocycles. The molecule has 1 heterocycles. The lowest BCUT2D eigenvalue weighted by Crippen LogP contribution is -2.14. The van der Waals surface area contributed by atoms with Crippen molar-refractivity contribution in [3.05, 3.63) is 106 Å². The van der Waals surface area contributed by atoms with Gasteiger partial charge < -0.3 is 19.5 Å². The van der Waals surface area contributed by atoms with Crippen molar-refractivity contribution in [2.75, 3.05) is 19.5 Å². The second-order valence-electron chi connectivity index (χ2n) is 8.47. The fourth-order valence-electron chi connectivity index (χ4n) is 3.94. The lowest BCUT2D eigenvalue weighted by Gasteiger charge is -2.10. The van der Waals surface area contributed by atoms with Crippen LogP contribution in [-0.2, 0) is 17.9 Å². The van der Waals surface area contributed by atoms with Crippen molar-refractivity contribution >= 4 is 17.6 Å². The average Bonchev–Trinajstić information content (AvgIpc) is 3.19. The van der Waals surface area contributed by atoms with E-state index in [9.17, 15) is 9.59 Å². The highest BCUT2D eigenvalue weighted by Gasteiger charge is 2.18. The second kappa shape index (κ2) is 11.4. The Morgan fingerprint density at radius 2 is 1.57 bits per heavy atom. The van der Waals surface area contributed by atoms with Crippen LogP contribution in [0.4, 0.5) is 5.69 Å². The molecule has 1 amide bonds. The third-order valence-corrected chi connectivity index (χ3v) is 6.04. The molecule has 1 N–H and O–H groups in total. The van der Waals surface area contributed by atoms with Gasteiger partial charge in [0.25, 0.3) is 5.91 Å². The Morgan fingerprint density at radius 1 is 0.892 bits per heavy atom. The predicted molar refractivity (Wildman–Crippen MR) is 140 cm³/mol. The number of carbonyl (C=O) groups is 2. The number of aromatic nitrogens is 2. The van der Waals surface area contributed by atoms with Crippen LogP contribution in [0.3, 0.4) is 0 Å². The molecule has 0 unspecified atom stereocenters. The summed E-state index contributed by atoms with van der Waals surface area (Å²) in [5.74, 6) is 0.872. The minimum Gasteiger partial charge on any atom is -0.497 e. The molecule has 0 atom stereocenters. The number of aryl methyl sites for hydroxylation is 1. The first-order valence-corrected chi connectivity index (χ1v) is 11.8. The Labute approximate surface area is 215 Å². The summed E-state index contributed by atoms with van der Waals surface area (Å²) in [5.41, 5.74) is 4.85. The van der Waals surface area contributed by atoms with E-state index in [4.69, 9.17) is 14.2 Å². The van der Waals surface area contributed by atoms with Gasteiger partial charge in [0.15, 0.2) is 0 Å². The average molecular weight is 500 g/mol. The van der Waals surface area contributed by atoms with Crippen LogP contribution in [0.5, 0.6) is 11.5 Å². The van der Waals surface area contributed by atoms with Crippen LogP contribution in [0.15, 0.2) is 72.8 Å². The van der Waals surface area contributed by atoms with E-state index in [0.29, 0.717) is 35.7 Å². The maximum Gasteiger partial charge on any atom is 0.338 e. The maximum absolute atomic E-state index is 13.0. The second-order valence-corrected chi connectivity index (χ2v) is 8.47. The van der Waals surface area contributed by atoms with Crippen LogP contribution in [-0.4, -0.2) is 35.9 Å². The summed E-state index contributed by atoms with van der Waals surface area (Å²) in [4.78, 5) is 25.1. The zero-order valence-electron chi connectivity index (χ0n) is 21.3. The molecule has 0 aliphatic carbocycles. The van der Waals surface area contributed by atoms with Crippen LogP contribution in [0.25, 0.3) is 0 Å². The zero-order valence-corrected chi connectivity index (χ0v) is 21.3. The fraction of sp³-hybridized carbons (Fsp3) is 0.207. The molecule has 4 aromatic rings. The zero-order chi connectivity index (χ0) is 26.4. The van der Waals surface area contributed by atoms with Crippen molar-refractivity contribution in [2.45, 2.75) is 27.0 Å². The Morgan fingerprint density at radius 3 is 2.24 bits per heavy atom. The van der Waals surface area contributed by atoms with Crippen LogP contribution in [0.2, 0.25) is 0 Å². The Bertz CT molecular complexity index is 1390. The third-order valence-electron chi connectivity index (χ3n) is 6.04. The Balaban J connectivity index is 1.42. The van der Waals surface area contributed by atoms with Gasteiger partial charge in [0.05, 0.1) is 43.4 Å². The summed E-state index contributed by atoms with van der Waals surface area (Å²) in [5, 5.41) is 7.56. The number of amides is 1. The summed E-state index contributed by atoms with van der Waals surface area (Å²) in [6.45, 7) is 4.48. The number of nitrogens with one attached hydrogen (secondary N) is 1. The molecule has 8 nitrogen and oxygen atoms in total. The predicted octanol–water partition coefficient (Wildman–Crippen LogP) is 5.17. The van der Waals surface area contributed by atoms with E-state index in [1.165, 1.54) is 7.11 Å². The van der Waals surface area contributed by atoms with Gasteiger partial charge in [-0.25, -0.2) is 4.79 Å². The van der Waals surface area contributed by atoms with Gasteiger partial charge >= 0.3 is 5.97 Å². The van der Waals surface area contributed by atoms with Crippen molar-refractivity contribution in [1.29, 1.82) is 0 Å². The van der Waals surface area contributed by atoms with E-state index < -0.39 is 5.97 Å². The highest BCUT2D eigenvalue weighted by atomic mass is 16.5. The van der Waals surface area contributed by atoms with Gasteiger partial charge in [0.2, 0.25) is 0 Å². The van der Waals surface area contributed by atoms with Crippen molar-refractivity contribution in [1.82, 2.24) is 9.78 Å². The van der Waals surface area contributed by atoms with Crippen molar-refractivity contribution < 1.29 is 23.8 Å². The molecule has 0 fully saturated rings. The van der Waals surface area contributed by atoms with Gasteiger partial charge in [0, 0.05) is 5.56 Å².